The topological polar surface area (TPSA) is 96.4 Å². The van der Waals surface area contributed by atoms with Crippen molar-refractivity contribution in [2.75, 3.05) is 31.0 Å². The highest BCUT2D eigenvalue weighted by molar-refractivity contribution is 6.31. The van der Waals surface area contributed by atoms with Crippen LogP contribution in [0, 0.1) is 6.92 Å². The zero-order chi connectivity index (χ0) is 25.7. The molecule has 0 fully saturated rings. The number of furan rings is 2. The number of aliphatic hydroxyl groups excluding tert-OH is 1. The van der Waals surface area contributed by atoms with Crippen LogP contribution in [0.15, 0.2) is 74.8 Å². The molecule has 1 aliphatic heterocycles. The number of methoxy groups -OCH3 is 1. The van der Waals surface area contributed by atoms with Gasteiger partial charge in [0.05, 0.1) is 12.7 Å². The molecule has 8 nitrogen and oxygen atoms in total. The van der Waals surface area contributed by atoms with Crippen LogP contribution < -0.4 is 14.5 Å². The molecule has 1 N–H and O–H groups in total. The molecule has 1 aliphatic rings. The number of ketones is 1. The summed E-state index contributed by atoms with van der Waals surface area (Å²) in [7, 11) is 5.28. The second-order valence-electron chi connectivity index (χ2n) is 8.67. The number of amides is 1. The quantitative estimate of drug-likeness (QED) is 0.328. The molecule has 1 unspecified atom stereocenters. The number of carbonyl (C=O) groups is 2. The Labute approximate surface area is 211 Å². The number of fused-ring (bicyclic) bond motifs is 1. The third-order valence-electron chi connectivity index (χ3n) is 6.12. The number of benzene rings is 2. The number of aliphatic hydroxyl groups is 1. The van der Waals surface area contributed by atoms with E-state index in [9.17, 15) is 14.7 Å². The second kappa shape index (κ2) is 8.80. The number of hydrogen-bond acceptors (Lipinski definition) is 7. The van der Waals surface area contributed by atoms with Crippen molar-refractivity contribution in [3.05, 3.63) is 88.2 Å². The lowest BCUT2D eigenvalue weighted by atomic mass is 9.99. The Morgan fingerprint density at radius 3 is 2.42 bits per heavy atom. The average Bonchev–Trinajstić information content (AvgIpc) is 3.54. The highest BCUT2D eigenvalue weighted by Gasteiger charge is 2.47. The van der Waals surface area contributed by atoms with E-state index >= 15 is 0 Å². The van der Waals surface area contributed by atoms with E-state index in [1.54, 1.807) is 43.3 Å². The number of Topliss-reactive ketones (excluding diaryl/α,β-unsaturated/α-hetero) is 1. The molecule has 2 aromatic heterocycles. The van der Waals surface area contributed by atoms with Crippen molar-refractivity contribution >= 4 is 45.6 Å². The maximum atomic E-state index is 13.8. The van der Waals surface area contributed by atoms with Crippen LogP contribution in [0.25, 0.3) is 11.0 Å². The van der Waals surface area contributed by atoms with Gasteiger partial charge in [0.2, 0.25) is 5.78 Å². The van der Waals surface area contributed by atoms with E-state index in [-0.39, 0.29) is 11.3 Å². The van der Waals surface area contributed by atoms with E-state index in [0.29, 0.717) is 38.9 Å². The molecule has 2 aromatic carbocycles. The first-order valence-electron chi connectivity index (χ1n) is 11.1. The summed E-state index contributed by atoms with van der Waals surface area (Å²) in [6.45, 7) is 1.76. The summed E-state index contributed by atoms with van der Waals surface area (Å²) in [4.78, 5) is 30.4. The summed E-state index contributed by atoms with van der Waals surface area (Å²) >= 11 is 6.16. The highest BCUT2D eigenvalue weighted by Crippen LogP contribution is 2.43. The minimum Gasteiger partial charge on any atom is -0.503 e. The summed E-state index contributed by atoms with van der Waals surface area (Å²) in [5.41, 5.74) is 1.61. The van der Waals surface area contributed by atoms with Gasteiger partial charge in [-0.3, -0.25) is 14.5 Å². The third-order valence-corrected chi connectivity index (χ3v) is 6.34. The Morgan fingerprint density at radius 1 is 1.08 bits per heavy atom. The molecule has 5 rings (SSSR count). The van der Waals surface area contributed by atoms with Gasteiger partial charge in [-0.05, 0) is 55.5 Å². The summed E-state index contributed by atoms with van der Waals surface area (Å²) in [5.74, 6) is -0.811. The first kappa shape index (κ1) is 23.6. The Bertz CT molecular complexity index is 1530. The van der Waals surface area contributed by atoms with Crippen molar-refractivity contribution in [2.45, 2.75) is 13.0 Å². The maximum Gasteiger partial charge on any atom is 0.294 e. The number of hydrogen-bond donors (Lipinski definition) is 1. The monoisotopic (exact) mass is 506 g/mol. The number of ether oxygens (including phenoxy) is 1. The standard InChI is InChI=1S/C27H23ClN2O6/c1-14-5-10-19(35-14)23-22(24(31)20-12-15-11-16(28)13-21(34-4)26(15)36-20)25(32)27(33)30(23)18-8-6-17(7-9-18)29(2)3/h5-13,23,32H,1-4H3. The van der Waals surface area contributed by atoms with E-state index in [1.165, 1.54) is 18.1 Å². The van der Waals surface area contributed by atoms with E-state index in [2.05, 4.69) is 0 Å². The lowest BCUT2D eigenvalue weighted by Crippen LogP contribution is -2.30. The summed E-state index contributed by atoms with van der Waals surface area (Å²) in [5, 5.41) is 11.9. The van der Waals surface area contributed by atoms with Gasteiger partial charge in [0.15, 0.2) is 22.9 Å². The van der Waals surface area contributed by atoms with Crippen molar-refractivity contribution in [2.24, 2.45) is 0 Å². The first-order chi connectivity index (χ1) is 17.2. The largest absolute Gasteiger partial charge is 0.503 e. The number of carbonyl (C=O) groups excluding carboxylic acids is 2. The highest BCUT2D eigenvalue weighted by atomic mass is 35.5. The predicted octanol–water partition coefficient (Wildman–Crippen LogP) is 5.85. The molecule has 0 saturated carbocycles. The summed E-state index contributed by atoms with van der Waals surface area (Å²) in [6, 6.07) is 14.3. The van der Waals surface area contributed by atoms with Crippen molar-refractivity contribution in [3.63, 3.8) is 0 Å². The summed E-state index contributed by atoms with van der Waals surface area (Å²) in [6.07, 6.45) is 0. The molecular formula is C27H23ClN2O6. The molecule has 0 radical (unpaired) electrons. The van der Waals surface area contributed by atoms with Gasteiger partial charge in [-0.25, -0.2) is 0 Å². The van der Waals surface area contributed by atoms with E-state index in [4.69, 9.17) is 25.2 Å². The number of halogens is 1. The number of nitrogens with zero attached hydrogens (tertiary/aromatic N) is 2. The Kier molecular flexibility index (Phi) is 5.76. The minimum atomic E-state index is -0.998. The first-order valence-corrected chi connectivity index (χ1v) is 11.5. The number of anilines is 2. The van der Waals surface area contributed by atoms with Crippen LogP contribution in [0.1, 0.15) is 28.1 Å². The van der Waals surface area contributed by atoms with Crippen LogP contribution in [0.2, 0.25) is 5.02 Å². The Balaban J connectivity index is 1.63. The zero-order valence-electron chi connectivity index (χ0n) is 20.0. The molecule has 0 saturated heterocycles. The summed E-state index contributed by atoms with van der Waals surface area (Å²) < 4.78 is 17.0. The average molecular weight is 507 g/mol. The van der Waals surface area contributed by atoms with Crippen LogP contribution in [0.4, 0.5) is 11.4 Å². The lowest BCUT2D eigenvalue weighted by molar-refractivity contribution is -0.117. The molecule has 0 aliphatic carbocycles. The molecule has 1 amide bonds. The Hall–Kier alpha value is -4.17. The van der Waals surface area contributed by atoms with Crippen LogP contribution in [0.3, 0.4) is 0 Å². The number of rotatable bonds is 6. The molecule has 1 atom stereocenters. The van der Waals surface area contributed by atoms with Gasteiger partial charge in [0.1, 0.15) is 17.6 Å². The van der Waals surface area contributed by atoms with Gasteiger partial charge in [-0.2, -0.15) is 0 Å². The fourth-order valence-electron chi connectivity index (χ4n) is 4.37. The van der Waals surface area contributed by atoms with E-state index in [0.717, 1.165) is 5.69 Å². The molecule has 184 valence electrons. The molecule has 0 bridgehead atoms. The van der Waals surface area contributed by atoms with Crippen LogP contribution in [-0.2, 0) is 4.79 Å². The lowest BCUT2D eigenvalue weighted by Gasteiger charge is -2.25. The van der Waals surface area contributed by atoms with Gasteiger partial charge < -0.3 is 23.6 Å². The molecular weight excluding hydrogens is 484 g/mol. The van der Waals surface area contributed by atoms with Crippen LogP contribution in [-0.4, -0.2) is 38.0 Å². The van der Waals surface area contributed by atoms with Crippen LogP contribution >= 0.6 is 11.6 Å². The minimum absolute atomic E-state index is 0.0713. The van der Waals surface area contributed by atoms with Crippen molar-refractivity contribution in [1.82, 2.24) is 0 Å². The van der Waals surface area contributed by atoms with Gasteiger partial charge in [-0.1, -0.05) is 11.6 Å². The maximum absolute atomic E-state index is 13.8. The fourth-order valence-corrected chi connectivity index (χ4v) is 4.58. The molecule has 3 heterocycles. The van der Waals surface area contributed by atoms with Gasteiger partial charge in [0.25, 0.3) is 5.91 Å². The SMILES string of the molecule is COc1cc(Cl)cc2cc(C(=O)C3=C(O)C(=O)N(c4ccc(N(C)C)cc4)C3c3ccc(C)o3)oc12. The third kappa shape index (κ3) is 3.79. The van der Waals surface area contributed by atoms with Gasteiger partial charge in [0, 0.05) is 41.9 Å². The normalized spacial score (nSPS) is 15.8. The molecule has 0 spiro atoms. The molecule has 4 aromatic rings. The smallest absolute Gasteiger partial charge is 0.294 e. The fraction of sp³-hybridized carbons (Fsp3) is 0.185. The predicted molar refractivity (Wildman–Crippen MR) is 136 cm³/mol. The molecule has 9 heteroatoms. The van der Waals surface area contributed by atoms with Crippen molar-refractivity contribution in [1.29, 1.82) is 0 Å². The van der Waals surface area contributed by atoms with Crippen LogP contribution in [0.5, 0.6) is 5.75 Å². The van der Waals surface area contributed by atoms with E-state index < -0.39 is 23.5 Å². The second-order valence-corrected chi connectivity index (χ2v) is 9.10. The van der Waals surface area contributed by atoms with E-state index in [1.807, 2.05) is 31.1 Å². The van der Waals surface area contributed by atoms with Crippen molar-refractivity contribution in [3.8, 4) is 5.75 Å². The zero-order valence-corrected chi connectivity index (χ0v) is 20.8. The van der Waals surface area contributed by atoms with Gasteiger partial charge in [-0.15, -0.1) is 0 Å². The van der Waals surface area contributed by atoms with Gasteiger partial charge >= 0.3 is 0 Å². The number of aryl methyl sites for hydroxylation is 1. The van der Waals surface area contributed by atoms with Crippen molar-refractivity contribution < 1.29 is 28.3 Å². The molecule has 36 heavy (non-hydrogen) atoms. The Morgan fingerprint density at radius 2 is 1.81 bits per heavy atom.